The lowest BCUT2D eigenvalue weighted by Crippen LogP contribution is -2.37. The molecule has 0 N–H and O–H groups in total. The third-order valence-electron chi connectivity index (χ3n) is 3.16. The van der Waals surface area contributed by atoms with Gasteiger partial charge in [0, 0.05) is 24.0 Å². The molecular formula is C13H14O4. The zero-order valence-electron chi connectivity index (χ0n) is 9.37. The lowest BCUT2D eigenvalue weighted by atomic mass is 10.0. The Balaban J connectivity index is 2.09. The van der Waals surface area contributed by atoms with E-state index in [1.807, 2.05) is 12.2 Å². The molecule has 17 heavy (non-hydrogen) atoms. The molecule has 4 atom stereocenters. The molecular weight excluding hydrogens is 220 g/mol. The van der Waals surface area contributed by atoms with Crippen LogP contribution in [0.3, 0.4) is 0 Å². The van der Waals surface area contributed by atoms with Crippen molar-refractivity contribution in [2.24, 2.45) is 11.8 Å². The van der Waals surface area contributed by atoms with Gasteiger partial charge in [-0.15, -0.1) is 0 Å². The Labute approximate surface area is 99.6 Å². The molecule has 4 nitrogen and oxygen atoms in total. The van der Waals surface area contributed by atoms with Gasteiger partial charge in [0.05, 0.1) is 0 Å². The van der Waals surface area contributed by atoms with Crippen LogP contribution in [0, 0.1) is 11.8 Å². The minimum Gasteiger partial charge on any atom is -0.455 e. The molecule has 2 rings (SSSR count). The Morgan fingerprint density at radius 2 is 1.41 bits per heavy atom. The molecule has 0 radical (unpaired) electrons. The van der Waals surface area contributed by atoms with Gasteiger partial charge >= 0.3 is 11.9 Å². The maximum absolute atomic E-state index is 11.2. The Bertz CT molecular complexity index is 360. The normalized spacial score (nSPS) is 33.2. The SMILES string of the molecule is C=CC(=O)OC1C2C=CC(C2)C1OC(=O)C=C. The van der Waals surface area contributed by atoms with Crippen LogP contribution in [-0.2, 0) is 19.1 Å². The Hall–Kier alpha value is -1.84. The van der Waals surface area contributed by atoms with Crippen LogP contribution >= 0.6 is 0 Å². The van der Waals surface area contributed by atoms with Crippen molar-refractivity contribution in [1.29, 1.82) is 0 Å². The highest BCUT2D eigenvalue weighted by atomic mass is 16.6. The lowest BCUT2D eigenvalue weighted by Gasteiger charge is -2.26. The Kier molecular flexibility index (Phi) is 3.13. The van der Waals surface area contributed by atoms with Gasteiger partial charge < -0.3 is 9.47 Å². The molecule has 2 aliphatic rings. The molecule has 2 bridgehead atoms. The number of hydrogen-bond acceptors (Lipinski definition) is 4. The summed E-state index contributed by atoms with van der Waals surface area (Å²) in [4.78, 5) is 22.4. The van der Waals surface area contributed by atoms with E-state index in [9.17, 15) is 9.59 Å². The molecule has 0 amide bonds. The van der Waals surface area contributed by atoms with Crippen molar-refractivity contribution in [2.45, 2.75) is 18.6 Å². The molecule has 4 heteroatoms. The first-order valence-corrected chi connectivity index (χ1v) is 5.50. The third-order valence-corrected chi connectivity index (χ3v) is 3.16. The molecule has 1 fully saturated rings. The van der Waals surface area contributed by atoms with Gasteiger partial charge in [-0.3, -0.25) is 0 Å². The van der Waals surface area contributed by atoms with Gasteiger partial charge in [0.2, 0.25) is 0 Å². The smallest absolute Gasteiger partial charge is 0.330 e. The highest BCUT2D eigenvalue weighted by molar-refractivity contribution is 5.82. The molecule has 0 spiro atoms. The number of carbonyl (C=O) groups is 2. The molecule has 1 saturated carbocycles. The highest BCUT2D eigenvalue weighted by Gasteiger charge is 2.48. The van der Waals surface area contributed by atoms with Crippen LogP contribution in [0.15, 0.2) is 37.5 Å². The van der Waals surface area contributed by atoms with Gasteiger partial charge in [0.25, 0.3) is 0 Å². The number of rotatable bonds is 4. The highest BCUT2D eigenvalue weighted by Crippen LogP contribution is 2.42. The summed E-state index contributed by atoms with van der Waals surface area (Å²) in [5.74, 6) is -0.718. The Morgan fingerprint density at radius 1 is 1.00 bits per heavy atom. The molecule has 4 unspecified atom stereocenters. The fraction of sp³-hybridized carbons (Fsp3) is 0.385. The van der Waals surface area contributed by atoms with Gasteiger partial charge in [-0.1, -0.05) is 25.3 Å². The predicted molar refractivity (Wildman–Crippen MR) is 60.9 cm³/mol. The van der Waals surface area contributed by atoms with Crippen molar-refractivity contribution >= 4 is 11.9 Å². The molecule has 2 aliphatic carbocycles. The molecule has 0 aromatic carbocycles. The van der Waals surface area contributed by atoms with Crippen LogP contribution in [0.5, 0.6) is 0 Å². The van der Waals surface area contributed by atoms with E-state index in [1.165, 1.54) is 0 Å². The van der Waals surface area contributed by atoms with Gasteiger partial charge in [-0.05, 0) is 6.42 Å². The summed E-state index contributed by atoms with van der Waals surface area (Å²) in [5.41, 5.74) is 0. The zero-order chi connectivity index (χ0) is 12.4. The van der Waals surface area contributed by atoms with E-state index >= 15 is 0 Å². The quantitative estimate of drug-likeness (QED) is 0.419. The summed E-state index contributed by atoms with van der Waals surface area (Å²) in [6, 6.07) is 0. The van der Waals surface area contributed by atoms with Crippen LogP contribution in [0.1, 0.15) is 6.42 Å². The summed E-state index contributed by atoms with van der Waals surface area (Å²) in [6.07, 6.45) is 6.28. The predicted octanol–water partition coefficient (Wildman–Crippen LogP) is 1.39. The second kappa shape index (κ2) is 4.57. The standard InChI is InChI=1S/C13H14O4/c1-3-10(14)16-12-8-5-6-9(7-8)13(12)17-11(15)4-2/h3-6,8-9,12-13H,1-2,7H2. The summed E-state index contributed by atoms with van der Waals surface area (Å²) in [7, 11) is 0. The van der Waals surface area contributed by atoms with Gasteiger partial charge in [-0.25, -0.2) is 9.59 Å². The van der Waals surface area contributed by atoms with Crippen molar-refractivity contribution in [2.75, 3.05) is 0 Å². The van der Waals surface area contributed by atoms with E-state index in [0.717, 1.165) is 18.6 Å². The van der Waals surface area contributed by atoms with Gasteiger partial charge in [0.1, 0.15) is 12.2 Å². The lowest BCUT2D eigenvalue weighted by molar-refractivity contribution is -0.162. The van der Waals surface area contributed by atoms with Crippen molar-refractivity contribution in [3.8, 4) is 0 Å². The van der Waals surface area contributed by atoms with Crippen LogP contribution < -0.4 is 0 Å². The first kappa shape index (κ1) is 11.6. The molecule has 0 saturated heterocycles. The maximum Gasteiger partial charge on any atom is 0.330 e. The molecule has 0 aromatic heterocycles. The van der Waals surface area contributed by atoms with E-state index < -0.39 is 24.1 Å². The number of ether oxygens (including phenoxy) is 2. The first-order chi connectivity index (χ1) is 8.15. The average molecular weight is 234 g/mol. The second-order valence-corrected chi connectivity index (χ2v) is 4.16. The fourth-order valence-electron chi connectivity index (χ4n) is 2.40. The Morgan fingerprint density at radius 3 is 1.76 bits per heavy atom. The number of fused-ring (bicyclic) bond motifs is 2. The average Bonchev–Trinajstić information content (AvgIpc) is 2.91. The van der Waals surface area contributed by atoms with E-state index in [4.69, 9.17) is 9.47 Å². The van der Waals surface area contributed by atoms with Crippen molar-refractivity contribution < 1.29 is 19.1 Å². The minimum absolute atomic E-state index is 0.131. The van der Waals surface area contributed by atoms with Crippen molar-refractivity contribution in [3.05, 3.63) is 37.5 Å². The minimum atomic E-state index is -0.490. The van der Waals surface area contributed by atoms with Crippen LogP contribution in [0.2, 0.25) is 0 Å². The summed E-state index contributed by atoms with van der Waals surface area (Å²) >= 11 is 0. The van der Waals surface area contributed by atoms with Crippen LogP contribution in [0.4, 0.5) is 0 Å². The van der Waals surface area contributed by atoms with Crippen molar-refractivity contribution in [3.63, 3.8) is 0 Å². The monoisotopic (exact) mass is 234 g/mol. The molecule has 0 aromatic rings. The largest absolute Gasteiger partial charge is 0.455 e. The van der Waals surface area contributed by atoms with Crippen molar-refractivity contribution in [1.82, 2.24) is 0 Å². The summed E-state index contributed by atoms with van der Waals surface area (Å²) in [6.45, 7) is 6.70. The fourth-order valence-corrected chi connectivity index (χ4v) is 2.40. The summed E-state index contributed by atoms with van der Waals surface area (Å²) in [5, 5.41) is 0. The van der Waals surface area contributed by atoms with E-state index in [1.54, 1.807) is 0 Å². The van der Waals surface area contributed by atoms with Crippen LogP contribution in [0.25, 0.3) is 0 Å². The topological polar surface area (TPSA) is 52.6 Å². The molecule has 0 heterocycles. The van der Waals surface area contributed by atoms with E-state index in [2.05, 4.69) is 13.2 Å². The first-order valence-electron chi connectivity index (χ1n) is 5.50. The number of esters is 2. The van der Waals surface area contributed by atoms with E-state index in [0.29, 0.717) is 0 Å². The second-order valence-electron chi connectivity index (χ2n) is 4.16. The van der Waals surface area contributed by atoms with Crippen LogP contribution in [-0.4, -0.2) is 24.1 Å². The number of carbonyl (C=O) groups excluding carboxylic acids is 2. The maximum atomic E-state index is 11.2. The van der Waals surface area contributed by atoms with E-state index in [-0.39, 0.29) is 11.8 Å². The van der Waals surface area contributed by atoms with Gasteiger partial charge in [-0.2, -0.15) is 0 Å². The number of hydrogen-bond donors (Lipinski definition) is 0. The van der Waals surface area contributed by atoms with Gasteiger partial charge in [0.15, 0.2) is 0 Å². The molecule has 0 aliphatic heterocycles. The summed E-state index contributed by atoms with van der Waals surface area (Å²) < 4.78 is 10.5. The molecule has 90 valence electrons. The zero-order valence-corrected chi connectivity index (χ0v) is 9.37. The third kappa shape index (κ3) is 2.16.